The molecule has 18 heavy (non-hydrogen) atoms. The lowest BCUT2D eigenvalue weighted by Crippen LogP contribution is -2.45. The smallest absolute Gasteiger partial charge is 0.138 e. The molecule has 0 radical (unpaired) electrons. The number of rotatable bonds is 3. The standard InChI is InChI=1S/C13H15BrN2O2/c1-9-6-16-7-12(18-9)8-17-13-4-11(14)3-2-10(13)5-15/h2-4,9,12,16H,6-8H2,1H3. The van der Waals surface area contributed by atoms with Crippen LogP contribution in [0, 0.1) is 11.3 Å². The van der Waals surface area contributed by atoms with Gasteiger partial charge in [-0.15, -0.1) is 0 Å². The molecule has 1 fully saturated rings. The second-order valence-electron chi connectivity index (χ2n) is 4.29. The van der Waals surface area contributed by atoms with Crippen molar-refractivity contribution in [1.82, 2.24) is 5.32 Å². The molecular weight excluding hydrogens is 296 g/mol. The summed E-state index contributed by atoms with van der Waals surface area (Å²) in [5.74, 6) is 0.591. The van der Waals surface area contributed by atoms with Crippen LogP contribution >= 0.6 is 15.9 Å². The Morgan fingerprint density at radius 2 is 2.39 bits per heavy atom. The lowest BCUT2D eigenvalue weighted by molar-refractivity contribution is -0.0470. The summed E-state index contributed by atoms with van der Waals surface area (Å²) in [7, 11) is 0. The van der Waals surface area contributed by atoms with Gasteiger partial charge in [-0.25, -0.2) is 0 Å². The maximum Gasteiger partial charge on any atom is 0.138 e. The summed E-state index contributed by atoms with van der Waals surface area (Å²) in [6.07, 6.45) is 0.226. The minimum Gasteiger partial charge on any atom is -0.489 e. The SMILES string of the molecule is CC1CNCC(COc2cc(Br)ccc2C#N)O1. The molecule has 96 valence electrons. The predicted octanol–water partition coefficient (Wildman–Crippen LogP) is 2.08. The predicted molar refractivity (Wildman–Crippen MR) is 71.6 cm³/mol. The summed E-state index contributed by atoms with van der Waals surface area (Å²) in [5, 5.41) is 12.3. The van der Waals surface area contributed by atoms with E-state index in [-0.39, 0.29) is 12.2 Å². The van der Waals surface area contributed by atoms with Gasteiger partial charge in [-0.2, -0.15) is 5.26 Å². The molecule has 2 rings (SSSR count). The zero-order chi connectivity index (χ0) is 13.0. The molecule has 1 heterocycles. The Balaban J connectivity index is 1.97. The van der Waals surface area contributed by atoms with Gasteiger partial charge in [0.2, 0.25) is 0 Å². The summed E-state index contributed by atoms with van der Waals surface area (Å²) < 4.78 is 12.3. The van der Waals surface area contributed by atoms with Crippen molar-refractivity contribution in [3.63, 3.8) is 0 Å². The molecule has 0 spiro atoms. The van der Waals surface area contributed by atoms with Crippen LogP contribution < -0.4 is 10.1 Å². The largest absolute Gasteiger partial charge is 0.489 e. The molecule has 0 amide bonds. The van der Waals surface area contributed by atoms with Gasteiger partial charge in [0.25, 0.3) is 0 Å². The first-order chi connectivity index (χ1) is 8.69. The number of morpholine rings is 1. The van der Waals surface area contributed by atoms with Crippen molar-refractivity contribution < 1.29 is 9.47 Å². The fourth-order valence-corrected chi connectivity index (χ4v) is 2.20. The lowest BCUT2D eigenvalue weighted by Gasteiger charge is -2.28. The molecule has 0 saturated carbocycles. The Labute approximate surface area is 115 Å². The van der Waals surface area contributed by atoms with Crippen LogP contribution in [0.4, 0.5) is 0 Å². The van der Waals surface area contributed by atoms with Crippen LogP contribution in [0.2, 0.25) is 0 Å². The molecule has 1 saturated heterocycles. The summed E-state index contributed by atoms with van der Waals surface area (Å²) in [4.78, 5) is 0. The van der Waals surface area contributed by atoms with E-state index in [1.54, 1.807) is 12.1 Å². The molecule has 2 atom stereocenters. The third kappa shape index (κ3) is 3.45. The molecule has 0 bridgehead atoms. The van der Waals surface area contributed by atoms with Crippen LogP contribution in [-0.4, -0.2) is 31.9 Å². The fourth-order valence-electron chi connectivity index (χ4n) is 1.86. The van der Waals surface area contributed by atoms with Gasteiger partial charge in [0.05, 0.1) is 11.7 Å². The van der Waals surface area contributed by atoms with Crippen LogP contribution in [-0.2, 0) is 4.74 Å². The third-order valence-electron chi connectivity index (χ3n) is 2.72. The van der Waals surface area contributed by atoms with E-state index >= 15 is 0 Å². The number of hydrogen-bond acceptors (Lipinski definition) is 4. The van der Waals surface area contributed by atoms with Gasteiger partial charge in [-0.05, 0) is 25.1 Å². The van der Waals surface area contributed by atoms with Crippen molar-refractivity contribution >= 4 is 15.9 Å². The van der Waals surface area contributed by atoms with Gasteiger partial charge in [-0.1, -0.05) is 15.9 Å². The van der Waals surface area contributed by atoms with E-state index in [2.05, 4.69) is 27.3 Å². The number of benzene rings is 1. The van der Waals surface area contributed by atoms with Crippen molar-refractivity contribution in [3.8, 4) is 11.8 Å². The Bertz CT molecular complexity index is 459. The summed E-state index contributed by atoms with van der Waals surface area (Å²) >= 11 is 3.37. The van der Waals surface area contributed by atoms with Crippen molar-refractivity contribution in [2.45, 2.75) is 19.1 Å². The zero-order valence-electron chi connectivity index (χ0n) is 10.1. The fraction of sp³-hybridized carbons (Fsp3) is 0.462. The van der Waals surface area contributed by atoms with Crippen molar-refractivity contribution in [2.75, 3.05) is 19.7 Å². The summed E-state index contributed by atoms with van der Waals surface area (Å²) in [6.45, 7) is 4.12. The molecule has 1 aromatic rings. The molecule has 0 aliphatic carbocycles. The number of hydrogen-bond donors (Lipinski definition) is 1. The maximum atomic E-state index is 9.00. The molecule has 0 aromatic heterocycles. The Morgan fingerprint density at radius 3 is 3.11 bits per heavy atom. The van der Waals surface area contributed by atoms with Gasteiger partial charge >= 0.3 is 0 Å². The van der Waals surface area contributed by atoms with E-state index in [1.165, 1.54) is 0 Å². The average molecular weight is 311 g/mol. The highest BCUT2D eigenvalue weighted by molar-refractivity contribution is 9.10. The van der Waals surface area contributed by atoms with Crippen LogP contribution in [0.15, 0.2) is 22.7 Å². The van der Waals surface area contributed by atoms with E-state index in [0.29, 0.717) is 17.9 Å². The highest BCUT2D eigenvalue weighted by Crippen LogP contribution is 2.23. The van der Waals surface area contributed by atoms with Crippen LogP contribution in [0.1, 0.15) is 12.5 Å². The first-order valence-electron chi connectivity index (χ1n) is 5.87. The Kier molecular flexibility index (Phi) is 4.59. The van der Waals surface area contributed by atoms with Gasteiger partial charge in [0.1, 0.15) is 24.5 Å². The van der Waals surface area contributed by atoms with Crippen molar-refractivity contribution in [3.05, 3.63) is 28.2 Å². The van der Waals surface area contributed by atoms with Crippen molar-refractivity contribution in [1.29, 1.82) is 5.26 Å². The Morgan fingerprint density at radius 1 is 1.56 bits per heavy atom. The van der Waals surface area contributed by atoms with E-state index in [4.69, 9.17) is 14.7 Å². The molecule has 1 aromatic carbocycles. The molecule has 2 unspecified atom stereocenters. The Hall–Kier alpha value is -1.09. The average Bonchev–Trinajstić information content (AvgIpc) is 2.37. The number of halogens is 1. The minimum absolute atomic E-state index is 0.0271. The first kappa shape index (κ1) is 13.3. The van der Waals surface area contributed by atoms with Gasteiger partial charge in [0.15, 0.2) is 0 Å². The quantitative estimate of drug-likeness (QED) is 0.928. The molecule has 1 N–H and O–H groups in total. The van der Waals surface area contributed by atoms with Crippen LogP contribution in [0.25, 0.3) is 0 Å². The van der Waals surface area contributed by atoms with E-state index < -0.39 is 0 Å². The maximum absolute atomic E-state index is 9.00. The summed E-state index contributed by atoms with van der Waals surface area (Å²) in [5.41, 5.74) is 0.537. The highest BCUT2D eigenvalue weighted by atomic mass is 79.9. The van der Waals surface area contributed by atoms with E-state index in [9.17, 15) is 0 Å². The minimum atomic E-state index is 0.0271. The van der Waals surface area contributed by atoms with Crippen LogP contribution in [0.5, 0.6) is 5.75 Å². The number of nitriles is 1. The van der Waals surface area contributed by atoms with E-state index in [0.717, 1.165) is 17.6 Å². The second kappa shape index (κ2) is 6.19. The normalized spacial score (nSPS) is 23.4. The molecule has 5 heteroatoms. The number of ether oxygens (including phenoxy) is 2. The lowest BCUT2D eigenvalue weighted by atomic mass is 10.2. The molecule has 4 nitrogen and oxygen atoms in total. The van der Waals surface area contributed by atoms with Gasteiger partial charge in [0, 0.05) is 17.6 Å². The van der Waals surface area contributed by atoms with Gasteiger partial charge < -0.3 is 14.8 Å². The highest BCUT2D eigenvalue weighted by Gasteiger charge is 2.19. The van der Waals surface area contributed by atoms with Crippen molar-refractivity contribution in [2.24, 2.45) is 0 Å². The monoisotopic (exact) mass is 310 g/mol. The topological polar surface area (TPSA) is 54.3 Å². The molecule has 1 aliphatic rings. The molecular formula is C13H15BrN2O2. The van der Waals surface area contributed by atoms with Crippen LogP contribution in [0.3, 0.4) is 0 Å². The van der Waals surface area contributed by atoms with E-state index in [1.807, 2.05) is 13.0 Å². The zero-order valence-corrected chi connectivity index (χ0v) is 11.7. The number of nitrogens with one attached hydrogen (secondary N) is 1. The third-order valence-corrected chi connectivity index (χ3v) is 3.21. The first-order valence-corrected chi connectivity index (χ1v) is 6.67. The second-order valence-corrected chi connectivity index (χ2v) is 5.21. The summed E-state index contributed by atoms with van der Waals surface area (Å²) in [6, 6.07) is 7.48. The number of nitrogens with zero attached hydrogens (tertiary/aromatic N) is 1. The van der Waals surface area contributed by atoms with Gasteiger partial charge in [-0.3, -0.25) is 0 Å². The molecule has 1 aliphatic heterocycles.